The van der Waals surface area contributed by atoms with Gasteiger partial charge in [0.15, 0.2) is 0 Å². The number of fused-ring (bicyclic) bond motifs is 2. The molecule has 2 N–H and O–H groups in total. The molecule has 2 atom stereocenters. The lowest BCUT2D eigenvalue weighted by Crippen LogP contribution is -2.51. The third-order valence-electron chi connectivity index (χ3n) is 10.1. The van der Waals surface area contributed by atoms with Gasteiger partial charge < -0.3 is 15.2 Å². The van der Waals surface area contributed by atoms with Crippen LogP contribution in [0.1, 0.15) is 124 Å². The Morgan fingerprint density at radius 3 is 2.11 bits per heavy atom. The topological polar surface area (TPSA) is 65.2 Å². The maximum atomic E-state index is 14.6. The summed E-state index contributed by atoms with van der Waals surface area (Å²) >= 11 is 0. The van der Waals surface area contributed by atoms with Crippen LogP contribution < -0.4 is 5.32 Å². The van der Waals surface area contributed by atoms with Crippen LogP contribution in [0.5, 0.6) is 0 Å². The normalized spacial score (nSPS) is 19.1. The number of aryl methyl sites for hydroxylation is 1. The Morgan fingerprint density at radius 2 is 1.43 bits per heavy atom. The van der Waals surface area contributed by atoms with E-state index in [9.17, 15) is 9.59 Å². The molecule has 5 heteroatoms. The maximum Gasteiger partial charge on any atom is 0.255 e. The summed E-state index contributed by atoms with van der Waals surface area (Å²) in [5, 5.41) is 4.60. The van der Waals surface area contributed by atoms with E-state index in [2.05, 4.69) is 79.6 Å². The highest BCUT2D eigenvalue weighted by molar-refractivity contribution is 6.04. The molecular weight excluding hydrogens is 566 g/mol. The van der Waals surface area contributed by atoms with E-state index in [0.29, 0.717) is 12.0 Å². The van der Waals surface area contributed by atoms with Crippen molar-refractivity contribution in [3.63, 3.8) is 0 Å². The monoisotopic (exact) mass is 617 g/mol. The van der Waals surface area contributed by atoms with Crippen LogP contribution in [0, 0.1) is 12.8 Å². The number of benzene rings is 3. The van der Waals surface area contributed by atoms with Gasteiger partial charge >= 0.3 is 0 Å². The van der Waals surface area contributed by atoms with Crippen LogP contribution in [-0.4, -0.2) is 33.8 Å². The van der Waals surface area contributed by atoms with Gasteiger partial charge in [0.05, 0.1) is 11.7 Å². The fraction of sp³-hybridized carbons (Fsp3) is 0.463. The highest BCUT2D eigenvalue weighted by atomic mass is 16.2. The van der Waals surface area contributed by atoms with Crippen LogP contribution >= 0.6 is 0 Å². The van der Waals surface area contributed by atoms with Gasteiger partial charge in [0.1, 0.15) is 6.04 Å². The van der Waals surface area contributed by atoms with Gasteiger partial charge in [0.25, 0.3) is 5.91 Å². The van der Waals surface area contributed by atoms with Crippen LogP contribution in [-0.2, 0) is 4.79 Å². The zero-order chi connectivity index (χ0) is 32.0. The first-order chi connectivity index (χ1) is 22.4. The summed E-state index contributed by atoms with van der Waals surface area (Å²) < 4.78 is 0. The van der Waals surface area contributed by atoms with E-state index in [1.165, 1.54) is 50.5 Å². The van der Waals surface area contributed by atoms with Crippen LogP contribution in [0.25, 0.3) is 22.2 Å². The van der Waals surface area contributed by atoms with E-state index < -0.39 is 6.04 Å². The summed E-state index contributed by atoms with van der Waals surface area (Å²) in [6.07, 6.45) is 13.9. The van der Waals surface area contributed by atoms with Crippen molar-refractivity contribution < 1.29 is 9.59 Å². The number of H-pyrrole nitrogens is 1. The summed E-state index contributed by atoms with van der Waals surface area (Å²) in [5.41, 5.74) is 7.03. The SMILES string of the molecule is Cc1ccc(-c2[nH]c3ccccc3c2C2c3ccccc3C(=O)N2C(CC(C)C)C(=O)NC2CCCCCCCCCCC2)cc1. The molecule has 4 aromatic rings. The minimum atomic E-state index is -0.578. The molecule has 0 bridgehead atoms. The van der Waals surface area contributed by atoms with Gasteiger partial charge in [-0.1, -0.05) is 138 Å². The molecule has 242 valence electrons. The number of nitrogens with zero attached hydrogens (tertiary/aromatic N) is 1. The summed E-state index contributed by atoms with van der Waals surface area (Å²) in [4.78, 5) is 34.8. The van der Waals surface area contributed by atoms with E-state index in [4.69, 9.17) is 0 Å². The summed E-state index contributed by atoms with van der Waals surface area (Å²) in [7, 11) is 0. The molecule has 2 amide bonds. The standard InChI is InChI=1S/C41H51N3O2/c1-28(2)27-36(40(45)42-31-17-11-9-7-5-4-6-8-10-12-18-31)44-39(32-19-13-14-20-33(32)41(44)46)37-34-21-15-16-22-35(34)43-38(37)30-25-23-29(3)24-26-30/h13-16,19-26,28,31,36,39,43H,4-12,17-18,27H2,1-3H3,(H,42,45). The first kappa shape index (κ1) is 32.1. The molecule has 0 radical (unpaired) electrons. The predicted octanol–water partition coefficient (Wildman–Crippen LogP) is 9.89. The van der Waals surface area contributed by atoms with Gasteiger partial charge in [-0.05, 0) is 55.4 Å². The fourth-order valence-electron chi connectivity index (χ4n) is 7.75. The van der Waals surface area contributed by atoms with Crippen LogP contribution in [0.3, 0.4) is 0 Å². The highest BCUT2D eigenvalue weighted by Gasteiger charge is 2.46. The lowest BCUT2D eigenvalue weighted by atomic mass is 9.91. The van der Waals surface area contributed by atoms with Crippen molar-refractivity contribution in [1.29, 1.82) is 0 Å². The Bertz CT molecular complexity index is 1620. The Morgan fingerprint density at radius 1 is 0.826 bits per heavy atom. The molecule has 1 aromatic heterocycles. The zero-order valence-electron chi connectivity index (χ0n) is 28.0. The number of hydrogen-bond donors (Lipinski definition) is 2. The van der Waals surface area contributed by atoms with Crippen LogP contribution in [0.2, 0.25) is 0 Å². The molecule has 2 heterocycles. The minimum Gasteiger partial charge on any atom is -0.354 e. The zero-order valence-corrected chi connectivity index (χ0v) is 28.0. The molecule has 0 spiro atoms. The smallest absolute Gasteiger partial charge is 0.255 e. The lowest BCUT2D eigenvalue weighted by Gasteiger charge is -2.35. The van der Waals surface area contributed by atoms with Crippen molar-refractivity contribution >= 4 is 22.7 Å². The van der Waals surface area contributed by atoms with E-state index >= 15 is 0 Å². The van der Waals surface area contributed by atoms with Gasteiger partial charge in [-0.25, -0.2) is 0 Å². The number of para-hydroxylation sites is 1. The number of rotatable bonds is 7. The van der Waals surface area contributed by atoms with E-state index in [1.807, 2.05) is 29.2 Å². The molecule has 0 saturated heterocycles. The highest BCUT2D eigenvalue weighted by Crippen LogP contribution is 2.47. The van der Waals surface area contributed by atoms with Crippen molar-refractivity contribution in [2.75, 3.05) is 0 Å². The van der Waals surface area contributed by atoms with Crippen molar-refractivity contribution in [2.45, 2.75) is 116 Å². The number of carbonyl (C=O) groups is 2. The number of aromatic amines is 1. The van der Waals surface area contributed by atoms with Gasteiger partial charge in [0, 0.05) is 28.1 Å². The first-order valence-corrected chi connectivity index (χ1v) is 17.8. The number of aromatic nitrogens is 1. The minimum absolute atomic E-state index is 0.00585. The molecule has 1 aliphatic heterocycles. The number of carbonyl (C=O) groups excluding carboxylic acids is 2. The number of amides is 2. The lowest BCUT2D eigenvalue weighted by molar-refractivity contribution is -0.127. The molecule has 2 aliphatic rings. The van der Waals surface area contributed by atoms with Crippen LogP contribution in [0.4, 0.5) is 0 Å². The number of nitrogens with one attached hydrogen (secondary N) is 2. The molecular formula is C41H51N3O2. The predicted molar refractivity (Wildman–Crippen MR) is 189 cm³/mol. The Labute approximate surface area is 275 Å². The Kier molecular flexibility index (Phi) is 10.3. The van der Waals surface area contributed by atoms with Gasteiger partial charge in [-0.3, -0.25) is 9.59 Å². The molecule has 1 aliphatic carbocycles. The molecule has 46 heavy (non-hydrogen) atoms. The maximum absolute atomic E-state index is 14.6. The van der Waals surface area contributed by atoms with E-state index in [-0.39, 0.29) is 29.8 Å². The largest absolute Gasteiger partial charge is 0.354 e. The summed E-state index contributed by atoms with van der Waals surface area (Å²) in [5.74, 6) is 0.178. The van der Waals surface area contributed by atoms with Gasteiger partial charge in [-0.15, -0.1) is 0 Å². The third kappa shape index (κ3) is 6.94. The van der Waals surface area contributed by atoms with Crippen molar-refractivity contribution in [3.8, 4) is 11.3 Å². The van der Waals surface area contributed by atoms with E-state index in [1.54, 1.807) is 0 Å². The third-order valence-corrected chi connectivity index (χ3v) is 10.1. The van der Waals surface area contributed by atoms with E-state index in [0.717, 1.165) is 59.0 Å². The second-order valence-corrected chi connectivity index (χ2v) is 14.1. The average molecular weight is 618 g/mol. The van der Waals surface area contributed by atoms with Gasteiger partial charge in [0.2, 0.25) is 5.91 Å². The first-order valence-electron chi connectivity index (χ1n) is 17.8. The quantitative estimate of drug-likeness (QED) is 0.217. The molecule has 3 aromatic carbocycles. The second kappa shape index (κ2) is 14.7. The van der Waals surface area contributed by atoms with Gasteiger partial charge in [-0.2, -0.15) is 0 Å². The van der Waals surface area contributed by atoms with Crippen molar-refractivity contribution in [3.05, 3.63) is 95.1 Å². The molecule has 1 saturated carbocycles. The average Bonchev–Trinajstić information content (AvgIpc) is 3.56. The summed E-state index contributed by atoms with van der Waals surface area (Å²) in [6, 6.07) is 24.1. The Hall–Kier alpha value is -3.86. The summed E-state index contributed by atoms with van der Waals surface area (Å²) in [6.45, 7) is 6.41. The number of hydrogen-bond acceptors (Lipinski definition) is 2. The molecule has 5 nitrogen and oxygen atoms in total. The molecule has 6 rings (SSSR count). The van der Waals surface area contributed by atoms with Crippen molar-refractivity contribution in [1.82, 2.24) is 15.2 Å². The fourth-order valence-corrected chi connectivity index (χ4v) is 7.75. The van der Waals surface area contributed by atoms with Crippen molar-refractivity contribution in [2.24, 2.45) is 5.92 Å². The second-order valence-electron chi connectivity index (χ2n) is 14.1. The Balaban J connectivity index is 1.41. The van der Waals surface area contributed by atoms with Crippen LogP contribution in [0.15, 0.2) is 72.8 Å². The molecule has 2 unspecified atom stereocenters. The molecule has 1 fully saturated rings.